The standard InChI is InChI=1S/C37H52BrN3O7/c1-7-11-18-29(43)47-22-27(25-16-13-12-14-17-25)39-34(44)30-31-35(45)41(28(21-42)23(5)10-4)33(37(31)20-26(38)32(30)48-37)36(46)40(19-9-3)24(6)15-8-2/h7,9,12-14,16-17,23-24,26-28,30-33,42H,1,3,8,10-11,15,18-22H2,2,4-6H3,(H,39,44)/t23-,24?,26?,27-,28-,30-,31+,32-,33-,37+/m0/s1. The number of rotatable bonds is 18. The summed E-state index contributed by atoms with van der Waals surface area (Å²) in [5, 5.41) is 13.8. The van der Waals surface area contributed by atoms with Crippen LogP contribution in [0.15, 0.2) is 55.6 Å². The Balaban J connectivity index is 1.74. The molecule has 0 saturated carbocycles. The number of esters is 1. The van der Waals surface area contributed by atoms with Crippen LogP contribution in [0.2, 0.25) is 0 Å². The molecule has 4 rings (SSSR count). The highest BCUT2D eigenvalue weighted by Crippen LogP contribution is 2.61. The van der Waals surface area contributed by atoms with Gasteiger partial charge in [0.1, 0.15) is 18.2 Å². The molecule has 264 valence electrons. The molecule has 1 aromatic rings. The van der Waals surface area contributed by atoms with Gasteiger partial charge in [0, 0.05) is 23.8 Å². The smallest absolute Gasteiger partial charge is 0.306 e. The molecule has 3 fully saturated rings. The van der Waals surface area contributed by atoms with Crippen LogP contribution in [0.25, 0.3) is 0 Å². The van der Waals surface area contributed by atoms with Gasteiger partial charge in [-0.15, -0.1) is 13.2 Å². The number of ether oxygens (including phenoxy) is 2. The van der Waals surface area contributed by atoms with Gasteiger partial charge in [-0.2, -0.15) is 0 Å². The number of benzene rings is 1. The molecule has 48 heavy (non-hydrogen) atoms. The Bertz CT molecular complexity index is 1330. The van der Waals surface area contributed by atoms with Crippen LogP contribution in [0.3, 0.4) is 0 Å². The Morgan fingerprint density at radius 2 is 1.92 bits per heavy atom. The highest BCUT2D eigenvalue weighted by atomic mass is 79.9. The third kappa shape index (κ3) is 7.28. The summed E-state index contributed by atoms with van der Waals surface area (Å²) in [6.45, 7) is 15.4. The van der Waals surface area contributed by atoms with Crippen molar-refractivity contribution in [2.24, 2.45) is 17.8 Å². The molecule has 3 heterocycles. The zero-order chi connectivity index (χ0) is 35.2. The lowest BCUT2D eigenvalue weighted by Crippen LogP contribution is -2.61. The summed E-state index contributed by atoms with van der Waals surface area (Å²) in [6.07, 6.45) is 5.97. The molecule has 3 aliphatic heterocycles. The van der Waals surface area contributed by atoms with Crippen molar-refractivity contribution in [1.82, 2.24) is 15.1 Å². The van der Waals surface area contributed by atoms with E-state index in [-0.39, 0.29) is 48.2 Å². The Morgan fingerprint density at radius 3 is 2.52 bits per heavy atom. The number of fused-ring (bicyclic) bond motifs is 1. The maximum atomic E-state index is 14.8. The van der Waals surface area contributed by atoms with Crippen LogP contribution in [0.4, 0.5) is 0 Å². The van der Waals surface area contributed by atoms with Gasteiger partial charge in [-0.25, -0.2) is 0 Å². The Morgan fingerprint density at radius 1 is 1.21 bits per heavy atom. The largest absolute Gasteiger partial charge is 0.463 e. The van der Waals surface area contributed by atoms with E-state index in [9.17, 15) is 24.3 Å². The Labute approximate surface area is 293 Å². The minimum atomic E-state index is -1.28. The number of carbonyl (C=O) groups excluding carboxylic acids is 4. The van der Waals surface area contributed by atoms with E-state index in [2.05, 4.69) is 41.3 Å². The maximum Gasteiger partial charge on any atom is 0.306 e. The van der Waals surface area contributed by atoms with Crippen LogP contribution in [0.5, 0.6) is 0 Å². The normalized spacial score (nSPS) is 28.2. The van der Waals surface area contributed by atoms with Crippen LogP contribution in [-0.4, -0.2) is 93.0 Å². The number of aliphatic hydroxyl groups is 1. The molecule has 3 aliphatic rings. The highest BCUT2D eigenvalue weighted by Gasteiger charge is 2.77. The molecule has 1 spiro atoms. The third-order valence-corrected chi connectivity index (χ3v) is 11.3. The number of carbonyl (C=O) groups is 4. The van der Waals surface area contributed by atoms with E-state index < -0.39 is 53.5 Å². The highest BCUT2D eigenvalue weighted by molar-refractivity contribution is 9.09. The van der Waals surface area contributed by atoms with Gasteiger partial charge in [0.2, 0.25) is 17.7 Å². The third-order valence-electron chi connectivity index (χ3n) is 10.4. The van der Waals surface area contributed by atoms with Gasteiger partial charge in [0.05, 0.1) is 36.6 Å². The zero-order valence-corrected chi connectivity index (χ0v) is 30.3. The summed E-state index contributed by atoms with van der Waals surface area (Å²) in [7, 11) is 0. The second kappa shape index (κ2) is 16.6. The minimum absolute atomic E-state index is 0.0921. The number of hydrogen-bond acceptors (Lipinski definition) is 7. The summed E-state index contributed by atoms with van der Waals surface area (Å²) in [5.41, 5.74) is -0.535. The van der Waals surface area contributed by atoms with E-state index >= 15 is 0 Å². The molecule has 0 aliphatic carbocycles. The van der Waals surface area contributed by atoms with E-state index in [4.69, 9.17) is 9.47 Å². The number of amides is 3. The van der Waals surface area contributed by atoms with Crippen LogP contribution >= 0.6 is 15.9 Å². The second-order valence-electron chi connectivity index (χ2n) is 13.4. The predicted octanol–water partition coefficient (Wildman–Crippen LogP) is 4.71. The van der Waals surface area contributed by atoms with Crippen LogP contribution in [-0.2, 0) is 28.7 Å². The lowest BCUT2D eigenvalue weighted by atomic mass is 9.70. The van der Waals surface area contributed by atoms with Gasteiger partial charge in [-0.3, -0.25) is 19.2 Å². The van der Waals surface area contributed by atoms with E-state index in [1.54, 1.807) is 22.0 Å². The molecule has 3 amide bonds. The van der Waals surface area contributed by atoms with Crippen LogP contribution < -0.4 is 5.32 Å². The Kier molecular flexibility index (Phi) is 13.1. The molecular weight excluding hydrogens is 678 g/mol. The lowest BCUT2D eigenvalue weighted by molar-refractivity contribution is -0.154. The maximum absolute atomic E-state index is 14.8. The summed E-state index contributed by atoms with van der Waals surface area (Å²) in [5.74, 6) is -3.42. The van der Waals surface area contributed by atoms with Crippen LogP contribution in [0, 0.1) is 17.8 Å². The molecule has 2 unspecified atom stereocenters. The number of allylic oxidation sites excluding steroid dienone is 1. The van der Waals surface area contributed by atoms with Gasteiger partial charge in [-0.1, -0.05) is 92.0 Å². The SMILES string of the molecule is C=CCCC(=O)OC[C@H](NC(=O)[C@@H]1[C@H]2O[C@@]3(CC2Br)[C@H](C(=O)N(CC=C)C(C)CCC)N([C@@H](CO)[C@@H](C)CC)C(=O)[C@@H]13)c1ccccc1. The lowest BCUT2D eigenvalue weighted by Gasteiger charge is -2.42. The number of nitrogens with zero attached hydrogens (tertiary/aromatic N) is 2. The molecule has 0 radical (unpaired) electrons. The van der Waals surface area contributed by atoms with Crippen molar-refractivity contribution in [1.29, 1.82) is 0 Å². The molecule has 0 aromatic heterocycles. The zero-order valence-electron chi connectivity index (χ0n) is 28.7. The van der Waals surface area contributed by atoms with Gasteiger partial charge in [0.25, 0.3) is 0 Å². The van der Waals surface area contributed by atoms with Crippen molar-refractivity contribution >= 4 is 39.6 Å². The first-order valence-corrected chi connectivity index (χ1v) is 18.2. The molecule has 11 heteroatoms. The summed E-state index contributed by atoms with van der Waals surface area (Å²) < 4.78 is 12.3. The van der Waals surface area contributed by atoms with Gasteiger partial charge in [0.15, 0.2) is 0 Å². The second-order valence-corrected chi connectivity index (χ2v) is 14.6. The van der Waals surface area contributed by atoms with Crippen molar-refractivity contribution in [3.8, 4) is 0 Å². The topological polar surface area (TPSA) is 125 Å². The fourth-order valence-electron chi connectivity index (χ4n) is 7.82. The number of nitrogens with one attached hydrogen (secondary N) is 1. The number of aliphatic hydroxyl groups excluding tert-OH is 1. The molecule has 2 bridgehead atoms. The fraction of sp³-hybridized carbons (Fsp3) is 0.622. The monoisotopic (exact) mass is 729 g/mol. The summed E-state index contributed by atoms with van der Waals surface area (Å²) in [6, 6.07) is 6.75. The molecule has 10 atom stereocenters. The van der Waals surface area contributed by atoms with Crippen molar-refractivity contribution in [3.63, 3.8) is 0 Å². The first-order valence-electron chi connectivity index (χ1n) is 17.3. The van der Waals surface area contributed by atoms with Gasteiger partial charge < -0.3 is 29.7 Å². The quantitative estimate of drug-likeness (QED) is 0.127. The van der Waals surface area contributed by atoms with E-state index in [1.165, 1.54) is 0 Å². The summed E-state index contributed by atoms with van der Waals surface area (Å²) >= 11 is 3.75. The number of hydrogen-bond donors (Lipinski definition) is 2. The van der Waals surface area contributed by atoms with E-state index in [0.717, 1.165) is 18.4 Å². The average Bonchev–Trinajstić information content (AvgIpc) is 3.68. The number of likely N-dealkylation sites (tertiary alicyclic amines) is 1. The van der Waals surface area contributed by atoms with Crippen molar-refractivity contribution < 1.29 is 33.8 Å². The molecule has 3 saturated heterocycles. The molecular formula is C37H52BrN3O7. The van der Waals surface area contributed by atoms with Crippen molar-refractivity contribution in [2.45, 2.75) is 107 Å². The average molecular weight is 731 g/mol. The summed E-state index contributed by atoms with van der Waals surface area (Å²) in [4.78, 5) is 59.4. The number of halogens is 1. The van der Waals surface area contributed by atoms with E-state index in [0.29, 0.717) is 25.8 Å². The molecule has 2 N–H and O–H groups in total. The van der Waals surface area contributed by atoms with Gasteiger partial charge in [-0.05, 0) is 37.7 Å². The van der Waals surface area contributed by atoms with Crippen molar-refractivity contribution in [2.75, 3.05) is 19.8 Å². The minimum Gasteiger partial charge on any atom is -0.463 e. The van der Waals surface area contributed by atoms with Crippen LogP contribution in [0.1, 0.15) is 77.8 Å². The first-order chi connectivity index (χ1) is 23.0. The molecule has 1 aromatic carbocycles. The predicted molar refractivity (Wildman–Crippen MR) is 187 cm³/mol. The fourth-order valence-corrected chi connectivity index (χ4v) is 8.76. The van der Waals surface area contributed by atoms with E-state index in [1.807, 2.05) is 51.1 Å². The Hall–Kier alpha value is -3.02. The first kappa shape index (κ1) is 37.8. The number of alkyl halides is 1. The van der Waals surface area contributed by atoms with Crippen molar-refractivity contribution in [3.05, 3.63) is 61.2 Å². The van der Waals surface area contributed by atoms with Gasteiger partial charge >= 0.3 is 5.97 Å². The molecule has 10 nitrogen and oxygen atoms in total.